The second-order valence-electron chi connectivity index (χ2n) is 3.30. The molecule has 1 aromatic rings. The van der Waals surface area contributed by atoms with Gasteiger partial charge in [0.05, 0.1) is 13.3 Å². The first-order valence-corrected chi connectivity index (χ1v) is 6.33. The first kappa shape index (κ1) is 11.5. The van der Waals surface area contributed by atoms with Gasteiger partial charge in [0, 0.05) is 17.8 Å². The van der Waals surface area contributed by atoms with Crippen LogP contribution in [0, 0.1) is 0 Å². The molecule has 0 saturated carbocycles. The predicted molar refractivity (Wildman–Crippen MR) is 63.1 cm³/mol. The average Bonchev–Trinajstić information content (AvgIpc) is 2.83. The van der Waals surface area contributed by atoms with Crippen molar-refractivity contribution in [3.05, 3.63) is 11.1 Å². The molecule has 2 heterocycles. The Kier molecular flexibility index (Phi) is 3.25. The summed E-state index contributed by atoms with van der Waals surface area (Å²) >= 11 is 4.56. The fourth-order valence-corrected chi connectivity index (χ4v) is 2.86. The number of rotatable bonds is 2. The molecule has 0 radical (unpaired) electrons. The zero-order valence-corrected chi connectivity index (χ0v) is 10.9. The molecule has 2 rings (SSSR count). The minimum atomic E-state index is -0.425. The number of carbonyl (C=O) groups is 2. The molecule has 0 N–H and O–H groups in total. The zero-order valence-electron chi connectivity index (χ0n) is 8.47. The van der Waals surface area contributed by atoms with Crippen molar-refractivity contribution >= 4 is 44.3 Å². The number of anilines is 1. The number of nitrogens with zero attached hydrogens (tertiary/aromatic N) is 2. The van der Waals surface area contributed by atoms with E-state index in [9.17, 15) is 9.59 Å². The molecular weight excluding hydrogens is 296 g/mol. The molecule has 1 aliphatic rings. The molecule has 0 aliphatic carbocycles. The van der Waals surface area contributed by atoms with Crippen molar-refractivity contribution in [2.75, 3.05) is 18.6 Å². The van der Waals surface area contributed by atoms with Crippen LogP contribution in [0.2, 0.25) is 0 Å². The van der Waals surface area contributed by atoms with Gasteiger partial charge in [0.25, 0.3) is 0 Å². The van der Waals surface area contributed by atoms with Crippen molar-refractivity contribution in [2.24, 2.45) is 0 Å². The Morgan fingerprint density at radius 3 is 3.06 bits per heavy atom. The molecule has 1 unspecified atom stereocenters. The maximum absolute atomic E-state index is 11.6. The van der Waals surface area contributed by atoms with E-state index in [0.717, 1.165) is 0 Å². The number of halogens is 1. The van der Waals surface area contributed by atoms with Crippen molar-refractivity contribution in [1.82, 2.24) is 4.98 Å². The molecule has 0 spiro atoms. The second-order valence-corrected chi connectivity index (χ2v) is 5.61. The van der Waals surface area contributed by atoms with Gasteiger partial charge in [-0.15, -0.1) is 0 Å². The summed E-state index contributed by atoms with van der Waals surface area (Å²) in [6.07, 6.45) is 1.90. The highest BCUT2D eigenvalue weighted by molar-refractivity contribution is 9.09. The molecule has 16 heavy (non-hydrogen) atoms. The minimum absolute atomic E-state index is 0.0210. The van der Waals surface area contributed by atoms with Crippen LogP contribution in [0.4, 0.5) is 5.13 Å². The summed E-state index contributed by atoms with van der Waals surface area (Å²) in [7, 11) is 1.32. The molecule has 1 saturated heterocycles. The first-order valence-electron chi connectivity index (χ1n) is 4.60. The van der Waals surface area contributed by atoms with Crippen molar-refractivity contribution < 1.29 is 14.3 Å². The number of ether oxygens (including phenoxy) is 1. The zero-order chi connectivity index (χ0) is 11.7. The SMILES string of the molecule is COC(=O)c1cnc(N2CC(Br)CC2=O)s1. The summed E-state index contributed by atoms with van der Waals surface area (Å²) < 4.78 is 4.58. The highest BCUT2D eigenvalue weighted by atomic mass is 79.9. The fourth-order valence-electron chi connectivity index (χ4n) is 1.43. The number of hydrogen-bond donors (Lipinski definition) is 0. The Hall–Kier alpha value is -0.950. The van der Waals surface area contributed by atoms with E-state index in [4.69, 9.17) is 0 Å². The summed E-state index contributed by atoms with van der Waals surface area (Å²) in [5, 5.41) is 0.548. The standard InChI is InChI=1S/C9H9BrN2O3S/c1-15-8(14)6-3-11-9(16-6)12-4-5(10)2-7(12)13/h3,5H,2,4H2,1H3. The third-order valence-electron chi connectivity index (χ3n) is 2.19. The Balaban J connectivity index is 2.19. The van der Waals surface area contributed by atoms with Gasteiger partial charge in [-0.2, -0.15) is 0 Å². The van der Waals surface area contributed by atoms with Gasteiger partial charge in [-0.05, 0) is 0 Å². The quantitative estimate of drug-likeness (QED) is 0.612. The minimum Gasteiger partial charge on any atom is -0.465 e. The van der Waals surface area contributed by atoms with Crippen molar-refractivity contribution in [3.63, 3.8) is 0 Å². The predicted octanol–water partition coefficient (Wildman–Crippen LogP) is 1.43. The fraction of sp³-hybridized carbons (Fsp3) is 0.444. The molecule has 1 atom stereocenters. The summed E-state index contributed by atoms with van der Waals surface area (Å²) in [6.45, 7) is 0.590. The number of thiazole rings is 1. The molecule has 1 aromatic heterocycles. The van der Waals surface area contributed by atoms with Crippen LogP contribution in [0.15, 0.2) is 6.20 Å². The molecular formula is C9H9BrN2O3S. The van der Waals surface area contributed by atoms with Crippen molar-refractivity contribution in [3.8, 4) is 0 Å². The van der Waals surface area contributed by atoms with E-state index in [-0.39, 0.29) is 10.7 Å². The monoisotopic (exact) mass is 304 g/mol. The van der Waals surface area contributed by atoms with Gasteiger partial charge in [0.2, 0.25) is 5.91 Å². The van der Waals surface area contributed by atoms with Crippen molar-refractivity contribution in [1.29, 1.82) is 0 Å². The molecule has 5 nitrogen and oxygen atoms in total. The smallest absolute Gasteiger partial charge is 0.349 e. The third-order valence-corrected chi connectivity index (χ3v) is 3.80. The van der Waals surface area contributed by atoms with Crippen molar-refractivity contribution in [2.45, 2.75) is 11.2 Å². The number of amides is 1. The van der Waals surface area contributed by atoms with E-state index in [2.05, 4.69) is 25.7 Å². The molecule has 1 amide bonds. The number of aromatic nitrogens is 1. The van der Waals surface area contributed by atoms with Crippen LogP contribution >= 0.6 is 27.3 Å². The van der Waals surface area contributed by atoms with Crippen LogP contribution in [-0.4, -0.2) is 35.3 Å². The normalized spacial score (nSPS) is 20.2. The van der Waals surface area contributed by atoms with Gasteiger partial charge >= 0.3 is 5.97 Å². The lowest BCUT2D eigenvalue weighted by Gasteiger charge is -2.10. The number of methoxy groups -OCH3 is 1. The number of hydrogen-bond acceptors (Lipinski definition) is 5. The summed E-state index contributed by atoms with van der Waals surface area (Å²) in [5.74, 6) is -0.404. The number of alkyl halides is 1. The van der Waals surface area contributed by atoms with E-state index in [0.29, 0.717) is 23.0 Å². The highest BCUT2D eigenvalue weighted by Gasteiger charge is 2.31. The van der Waals surface area contributed by atoms with Crippen LogP contribution in [-0.2, 0) is 9.53 Å². The molecule has 86 valence electrons. The lowest BCUT2D eigenvalue weighted by molar-refractivity contribution is -0.117. The average molecular weight is 305 g/mol. The Morgan fingerprint density at radius 2 is 2.50 bits per heavy atom. The lowest BCUT2D eigenvalue weighted by atomic mass is 10.4. The van der Waals surface area contributed by atoms with Gasteiger partial charge in [0.1, 0.15) is 4.88 Å². The Morgan fingerprint density at radius 1 is 1.75 bits per heavy atom. The van der Waals surface area contributed by atoms with Gasteiger partial charge in [-0.1, -0.05) is 27.3 Å². The van der Waals surface area contributed by atoms with Gasteiger partial charge in [0.15, 0.2) is 5.13 Å². The van der Waals surface area contributed by atoms with E-state index in [1.54, 1.807) is 4.90 Å². The summed E-state index contributed by atoms with van der Waals surface area (Å²) in [5.41, 5.74) is 0. The maximum atomic E-state index is 11.6. The maximum Gasteiger partial charge on any atom is 0.349 e. The molecule has 0 aromatic carbocycles. The van der Waals surface area contributed by atoms with Crippen LogP contribution in [0.1, 0.15) is 16.1 Å². The van der Waals surface area contributed by atoms with Crippen LogP contribution in [0.5, 0.6) is 0 Å². The molecule has 1 aliphatic heterocycles. The number of esters is 1. The van der Waals surface area contributed by atoms with Crippen LogP contribution in [0.3, 0.4) is 0 Å². The second kappa shape index (κ2) is 4.50. The molecule has 7 heteroatoms. The highest BCUT2D eigenvalue weighted by Crippen LogP contribution is 2.29. The van der Waals surface area contributed by atoms with E-state index >= 15 is 0 Å². The summed E-state index contributed by atoms with van der Waals surface area (Å²) in [4.78, 5) is 29.0. The topological polar surface area (TPSA) is 59.5 Å². The van der Waals surface area contributed by atoms with E-state index in [1.165, 1.54) is 24.6 Å². The van der Waals surface area contributed by atoms with Gasteiger partial charge in [-0.25, -0.2) is 9.78 Å². The summed E-state index contributed by atoms with van der Waals surface area (Å²) in [6, 6.07) is 0. The lowest BCUT2D eigenvalue weighted by Crippen LogP contribution is -2.24. The molecule has 1 fully saturated rings. The van der Waals surface area contributed by atoms with E-state index in [1.807, 2.05) is 0 Å². The largest absolute Gasteiger partial charge is 0.465 e. The first-order chi connectivity index (χ1) is 7.61. The molecule has 0 bridgehead atoms. The van der Waals surface area contributed by atoms with Gasteiger partial charge in [-0.3, -0.25) is 9.69 Å². The van der Waals surface area contributed by atoms with Crippen LogP contribution in [0.25, 0.3) is 0 Å². The van der Waals surface area contributed by atoms with Gasteiger partial charge < -0.3 is 4.74 Å². The Labute approximate surface area is 105 Å². The van der Waals surface area contributed by atoms with E-state index < -0.39 is 5.97 Å². The van der Waals surface area contributed by atoms with Crippen LogP contribution < -0.4 is 4.90 Å². The Bertz CT molecular complexity index is 434. The number of carbonyl (C=O) groups excluding carboxylic acids is 2. The third kappa shape index (κ3) is 2.10.